The van der Waals surface area contributed by atoms with Crippen molar-refractivity contribution in [3.8, 4) is 0 Å². The summed E-state index contributed by atoms with van der Waals surface area (Å²) in [4.78, 5) is 13.7. The molecule has 0 amide bonds. The van der Waals surface area contributed by atoms with Crippen LogP contribution in [0.3, 0.4) is 0 Å². The standard InChI is InChI=1S/C16H18N2O2S/c1-17(2)11-14-8-9-16(15(10-14)18(19)20)21-12-13-6-4-3-5-7-13/h3-10H,11-12H2,1-2H3. The molecule has 0 unspecified atom stereocenters. The van der Waals surface area contributed by atoms with Gasteiger partial charge in [0.25, 0.3) is 5.69 Å². The van der Waals surface area contributed by atoms with Gasteiger partial charge in [-0.1, -0.05) is 36.4 Å². The first kappa shape index (κ1) is 15.5. The minimum atomic E-state index is -0.299. The van der Waals surface area contributed by atoms with Crippen molar-refractivity contribution in [2.75, 3.05) is 14.1 Å². The van der Waals surface area contributed by atoms with Crippen molar-refractivity contribution >= 4 is 17.4 Å². The molecule has 0 atom stereocenters. The highest BCUT2D eigenvalue weighted by molar-refractivity contribution is 7.98. The maximum absolute atomic E-state index is 11.2. The maximum Gasteiger partial charge on any atom is 0.283 e. The second-order valence-corrected chi connectivity index (χ2v) is 6.09. The third-order valence-electron chi connectivity index (χ3n) is 2.96. The van der Waals surface area contributed by atoms with Gasteiger partial charge in [-0.3, -0.25) is 10.1 Å². The lowest BCUT2D eigenvalue weighted by Gasteiger charge is -2.10. The van der Waals surface area contributed by atoms with Gasteiger partial charge >= 0.3 is 0 Å². The Morgan fingerprint density at radius 1 is 1.10 bits per heavy atom. The van der Waals surface area contributed by atoms with Crippen molar-refractivity contribution in [1.82, 2.24) is 4.90 Å². The van der Waals surface area contributed by atoms with E-state index in [4.69, 9.17) is 0 Å². The SMILES string of the molecule is CN(C)Cc1ccc(SCc2ccccc2)c([N+](=O)[O-])c1. The molecule has 0 spiro atoms. The van der Waals surface area contributed by atoms with Crippen LogP contribution in [-0.2, 0) is 12.3 Å². The number of nitrogens with zero attached hydrogens (tertiary/aromatic N) is 2. The normalized spacial score (nSPS) is 10.8. The van der Waals surface area contributed by atoms with Crippen molar-refractivity contribution < 1.29 is 4.92 Å². The molecule has 21 heavy (non-hydrogen) atoms. The predicted octanol–water partition coefficient (Wildman–Crippen LogP) is 3.95. The number of benzene rings is 2. The summed E-state index contributed by atoms with van der Waals surface area (Å²) >= 11 is 1.50. The first-order valence-corrected chi connectivity index (χ1v) is 7.63. The van der Waals surface area contributed by atoms with Gasteiger partial charge in [0.2, 0.25) is 0 Å². The van der Waals surface area contributed by atoms with Gasteiger partial charge in [0.15, 0.2) is 0 Å². The first-order valence-electron chi connectivity index (χ1n) is 6.65. The zero-order valence-electron chi connectivity index (χ0n) is 12.2. The topological polar surface area (TPSA) is 46.4 Å². The molecule has 2 aromatic carbocycles. The minimum Gasteiger partial charge on any atom is -0.305 e. The number of rotatable bonds is 6. The lowest BCUT2D eigenvalue weighted by Crippen LogP contribution is -2.10. The van der Waals surface area contributed by atoms with E-state index in [-0.39, 0.29) is 10.6 Å². The Labute approximate surface area is 128 Å². The van der Waals surface area contributed by atoms with Gasteiger partial charge in [-0.15, -0.1) is 11.8 Å². The fraction of sp³-hybridized carbons (Fsp3) is 0.250. The molecule has 0 radical (unpaired) electrons. The van der Waals surface area contributed by atoms with Crippen LogP contribution >= 0.6 is 11.8 Å². The summed E-state index contributed by atoms with van der Waals surface area (Å²) < 4.78 is 0. The quantitative estimate of drug-likeness (QED) is 0.460. The Morgan fingerprint density at radius 3 is 2.43 bits per heavy atom. The minimum absolute atomic E-state index is 0.190. The molecule has 0 saturated heterocycles. The van der Waals surface area contributed by atoms with Gasteiger partial charge in [0.1, 0.15) is 0 Å². The Bertz CT molecular complexity index is 615. The van der Waals surface area contributed by atoms with Crippen LogP contribution in [0.4, 0.5) is 5.69 Å². The van der Waals surface area contributed by atoms with E-state index in [0.717, 1.165) is 16.9 Å². The molecule has 0 aliphatic rings. The second-order valence-electron chi connectivity index (χ2n) is 5.07. The molecule has 0 aliphatic carbocycles. The highest BCUT2D eigenvalue weighted by Gasteiger charge is 2.15. The lowest BCUT2D eigenvalue weighted by molar-refractivity contribution is -0.387. The van der Waals surface area contributed by atoms with Crippen LogP contribution in [0.1, 0.15) is 11.1 Å². The van der Waals surface area contributed by atoms with E-state index in [0.29, 0.717) is 11.4 Å². The second kappa shape index (κ2) is 7.24. The molecule has 0 aliphatic heterocycles. The van der Waals surface area contributed by atoms with Crippen LogP contribution in [0, 0.1) is 10.1 Å². The molecule has 110 valence electrons. The smallest absolute Gasteiger partial charge is 0.283 e. The molecule has 0 saturated carbocycles. The van der Waals surface area contributed by atoms with E-state index in [1.165, 1.54) is 11.8 Å². The fourth-order valence-electron chi connectivity index (χ4n) is 2.03. The molecule has 0 aromatic heterocycles. The third-order valence-corrected chi connectivity index (χ3v) is 4.09. The number of hydrogen-bond donors (Lipinski definition) is 0. The molecule has 4 nitrogen and oxygen atoms in total. The Morgan fingerprint density at radius 2 is 1.81 bits per heavy atom. The van der Waals surface area contributed by atoms with E-state index in [9.17, 15) is 10.1 Å². The van der Waals surface area contributed by atoms with Crippen molar-refractivity contribution in [3.05, 3.63) is 69.8 Å². The Kier molecular flexibility index (Phi) is 5.36. The Hall–Kier alpha value is -1.85. The van der Waals surface area contributed by atoms with Crippen molar-refractivity contribution in [2.45, 2.75) is 17.2 Å². The number of thioether (sulfide) groups is 1. The lowest BCUT2D eigenvalue weighted by atomic mass is 10.2. The maximum atomic E-state index is 11.2. The number of nitro groups is 1. The van der Waals surface area contributed by atoms with E-state index < -0.39 is 0 Å². The van der Waals surface area contributed by atoms with Crippen LogP contribution in [0.2, 0.25) is 0 Å². The molecule has 0 bridgehead atoms. The molecule has 2 rings (SSSR count). The average molecular weight is 302 g/mol. The van der Waals surface area contributed by atoms with Gasteiger partial charge in [0.05, 0.1) is 9.82 Å². The van der Waals surface area contributed by atoms with Gasteiger partial charge < -0.3 is 4.90 Å². The predicted molar refractivity (Wildman–Crippen MR) is 86.5 cm³/mol. The summed E-state index contributed by atoms with van der Waals surface area (Å²) in [7, 11) is 3.90. The highest BCUT2D eigenvalue weighted by atomic mass is 32.2. The van der Waals surface area contributed by atoms with Gasteiger partial charge in [0, 0.05) is 18.4 Å². The Balaban J connectivity index is 2.16. The molecular formula is C16H18N2O2S. The van der Waals surface area contributed by atoms with Crippen LogP contribution in [0.15, 0.2) is 53.4 Å². The summed E-state index contributed by atoms with van der Waals surface area (Å²) in [6.07, 6.45) is 0. The monoisotopic (exact) mass is 302 g/mol. The number of hydrogen-bond acceptors (Lipinski definition) is 4. The molecule has 0 fully saturated rings. The van der Waals surface area contributed by atoms with Gasteiger partial charge in [-0.2, -0.15) is 0 Å². The average Bonchev–Trinajstić information content (AvgIpc) is 2.46. The van der Waals surface area contributed by atoms with E-state index in [1.54, 1.807) is 6.07 Å². The molecule has 5 heteroatoms. The number of nitro benzene ring substituents is 1. The van der Waals surface area contributed by atoms with Crippen molar-refractivity contribution in [2.24, 2.45) is 0 Å². The van der Waals surface area contributed by atoms with Crippen LogP contribution < -0.4 is 0 Å². The van der Waals surface area contributed by atoms with Crippen LogP contribution in [-0.4, -0.2) is 23.9 Å². The first-order chi connectivity index (χ1) is 10.1. The summed E-state index contributed by atoms with van der Waals surface area (Å²) in [5.41, 5.74) is 2.31. The fourth-order valence-corrected chi connectivity index (χ4v) is 2.99. The largest absolute Gasteiger partial charge is 0.305 e. The van der Waals surface area contributed by atoms with Crippen molar-refractivity contribution in [3.63, 3.8) is 0 Å². The molecule has 0 heterocycles. The summed E-state index contributed by atoms with van der Waals surface area (Å²) in [6, 6.07) is 15.5. The molecular weight excluding hydrogens is 284 g/mol. The van der Waals surface area contributed by atoms with Gasteiger partial charge in [-0.05, 0) is 31.3 Å². The zero-order chi connectivity index (χ0) is 15.2. The zero-order valence-corrected chi connectivity index (χ0v) is 13.0. The van der Waals surface area contributed by atoms with Crippen molar-refractivity contribution in [1.29, 1.82) is 0 Å². The van der Waals surface area contributed by atoms with E-state index >= 15 is 0 Å². The van der Waals surface area contributed by atoms with Crippen LogP contribution in [0.25, 0.3) is 0 Å². The summed E-state index contributed by atoms with van der Waals surface area (Å²) in [5.74, 6) is 0.731. The molecule has 2 aromatic rings. The molecule has 0 N–H and O–H groups in total. The third kappa shape index (κ3) is 4.58. The van der Waals surface area contributed by atoms with Gasteiger partial charge in [-0.25, -0.2) is 0 Å². The van der Waals surface area contributed by atoms with E-state index in [1.807, 2.05) is 61.5 Å². The highest BCUT2D eigenvalue weighted by Crippen LogP contribution is 2.32. The van der Waals surface area contributed by atoms with Crippen LogP contribution in [0.5, 0.6) is 0 Å². The summed E-state index contributed by atoms with van der Waals surface area (Å²) in [6.45, 7) is 0.699. The summed E-state index contributed by atoms with van der Waals surface area (Å²) in [5, 5.41) is 11.2. The van der Waals surface area contributed by atoms with E-state index in [2.05, 4.69) is 0 Å².